The molecule has 1 N–H and O–H groups in total. The number of fused-ring (bicyclic) bond motifs is 1. The van der Waals surface area contributed by atoms with E-state index < -0.39 is 0 Å². The maximum absolute atomic E-state index is 6.51. The molecule has 4 fully saturated rings. The summed E-state index contributed by atoms with van der Waals surface area (Å²) in [5.74, 6) is 4.07. The highest BCUT2D eigenvalue weighted by molar-refractivity contribution is 5.59. The van der Waals surface area contributed by atoms with E-state index in [0.29, 0.717) is 11.5 Å². The van der Waals surface area contributed by atoms with Crippen molar-refractivity contribution in [1.82, 2.24) is 0 Å². The van der Waals surface area contributed by atoms with Crippen molar-refractivity contribution < 1.29 is 4.74 Å². The first kappa shape index (κ1) is 12.4. The predicted octanol–water partition coefficient (Wildman–Crippen LogP) is 4.38. The van der Waals surface area contributed by atoms with Gasteiger partial charge in [0.2, 0.25) is 0 Å². The molecule has 1 atom stereocenters. The van der Waals surface area contributed by atoms with E-state index in [1.54, 1.807) is 0 Å². The summed E-state index contributed by atoms with van der Waals surface area (Å²) in [6.45, 7) is 3.15. The highest BCUT2D eigenvalue weighted by Crippen LogP contribution is 2.62. The van der Waals surface area contributed by atoms with Gasteiger partial charge >= 0.3 is 0 Å². The van der Waals surface area contributed by atoms with Gasteiger partial charge in [0.1, 0.15) is 11.9 Å². The van der Waals surface area contributed by atoms with Gasteiger partial charge in [-0.05, 0) is 80.9 Å². The van der Waals surface area contributed by atoms with Gasteiger partial charge in [-0.1, -0.05) is 6.07 Å². The number of benzene rings is 1. The molecule has 0 radical (unpaired) electrons. The third kappa shape index (κ3) is 1.84. The minimum Gasteiger partial charge on any atom is -0.486 e. The molecule has 1 aromatic carbocycles. The van der Waals surface area contributed by atoms with Gasteiger partial charge in [-0.2, -0.15) is 0 Å². The van der Waals surface area contributed by atoms with Crippen LogP contribution in [0.2, 0.25) is 0 Å². The van der Waals surface area contributed by atoms with Crippen LogP contribution >= 0.6 is 0 Å². The normalized spacial score (nSPS) is 43.1. The third-order valence-corrected chi connectivity index (χ3v) is 6.65. The Morgan fingerprint density at radius 3 is 2.38 bits per heavy atom. The predicted molar refractivity (Wildman–Crippen MR) is 84.7 cm³/mol. The van der Waals surface area contributed by atoms with Crippen LogP contribution in [-0.4, -0.2) is 12.6 Å². The second kappa shape index (κ2) is 4.18. The lowest BCUT2D eigenvalue weighted by atomic mass is 9.48. The molecule has 21 heavy (non-hydrogen) atoms. The van der Waals surface area contributed by atoms with Crippen LogP contribution in [0.25, 0.3) is 0 Å². The number of rotatable bonds is 1. The van der Waals surface area contributed by atoms with Crippen LogP contribution in [0.1, 0.15) is 44.1 Å². The van der Waals surface area contributed by atoms with Gasteiger partial charge in [0.05, 0.1) is 12.2 Å². The summed E-state index contributed by atoms with van der Waals surface area (Å²) < 4.78 is 6.51. The first-order chi connectivity index (χ1) is 10.2. The fourth-order valence-electron chi connectivity index (χ4n) is 6.20. The number of ether oxygens (including phenoxy) is 1. The van der Waals surface area contributed by atoms with Crippen molar-refractivity contribution in [1.29, 1.82) is 0 Å². The fourth-order valence-corrected chi connectivity index (χ4v) is 6.20. The Morgan fingerprint density at radius 2 is 1.71 bits per heavy atom. The molecule has 2 heteroatoms. The molecule has 0 amide bonds. The molecule has 4 aliphatic carbocycles. The van der Waals surface area contributed by atoms with E-state index in [2.05, 4.69) is 30.4 Å². The number of aryl methyl sites for hydroxylation is 1. The summed E-state index contributed by atoms with van der Waals surface area (Å²) >= 11 is 0. The standard InChI is InChI=1S/C19H25NO/c1-12-2-3-17-16(4-12)20-11-18(21-17)19-8-13-5-14(9-19)7-15(6-13)10-19/h2-4,13-15,18,20H,5-11H2,1H3. The maximum atomic E-state index is 6.51. The van der Waals surface area contributed by atoms with Gasteiger partial charge in [0, 0.05) is 5.41 Å². The largest absolute Gasteiger partial charge is 0.486 e. The Bertz CT molecular complexity index is 544. The second-order valence-corrected chi connectivity index (χ2v) is 8.27. The number of hydrogen-bond acceptors (Lipinski definition) is 2. The molecule has 1 heterocycles. The Morgan fingerprint density at radius 1 is 1.05 bits per heavy atom. The van der Waals surface area contributed by atoms with E-state index in [0.717, 1.165) is 30.0 Å². The zero-order valence-electron chi connectivity index (χ0n) is 12.9. The lowest BCUT2D eigenvalue weighted by Gasteiger charge is -2.59. The van der Waals surface area contributed by atoms with Crippen LogP contribution in [0.3, 0.4) is 0 Å². The van der Waals surface area contributed by atoms with E-state index in [9.17, 15) is 0 Å². The zero-order valence-corrected chi connectivity index (χ0v) is 12.9. The summed E-state index contributed by atoms with van der Waals surface area (Å²) in [5, 5.41) is 3.65. The van der Waals surface area contributed by atoms with Crippen LogP contribution in [0.15, 0.2) is 18.2 Å². The SMILES string of the molecule is Cc1ccc2c(c1)NCC(C13CC4CC(CC(C4)C1)C3)O2. The van der Waals surface area contributed by atoms with Gasteiger partial charge in [-0.25, -0.2) is 0 Å². The van der Waals surface area contributed by atoms with Crippen LogP contribution in [0.4, 0.5) is 5.69 Å². The van der Waals surface area contributed by atoms with Crippen molar-refractivity contribution in [3.05, 3.63) is 23.8 Å². The van der Waals surface area contributed by atoms with Crippen molar-refractivity contribution in [2.75, 3.05) is 11.9 Å². The maximum Gasteiger partial charge on any atom is 0.142 e. The molecule has 4 bridgehead atoms. The topological polar surface area (TPSA) is 21.3 Å². The van der Waals surface area contributed by atoms with Crippen molar-refractivity contribution in [2.45, 2.75) is 51.6 Å². The fraction of sp³-hybridized carbons (Fsp3) is 0.684. The van der Waals surface area contributed by atoms with Crippen molar-refractivity contribution in [2.24, 2.45) is 23.2 Å². The first-order valence-corrected chi connectivity index (χ1v) is 8.71. The van der Waals surface area contributed by atoms with E-state index in [4.69, 9.17) is 4.74 Å². The average molecular weight is 283 g/mol. The molecule has 2 nitrogen and oxygen atoms in total. The van der Waals surface area contributed by atoms with Crippen LogP contribution in [0, 0.1) is 30.1 Å². The van der Waals surface area contributed by atoms with Gasteiger partial charge in [0.15, 0.2) is 0 Å². The molecule has 1 aromatic rings. The molecule has 0 aromatic heterocycles. The Labute approximate surface area is 127 Å². The van der Waals surface area contributed by atoms with Gasteiger partial charge < -0.3 is 10.1 Å². The molecule has 6 rings (SSSR count). The van der Waals surface area contributed by atoms with Crippen LogP contribution in [0.5, 0.6) is 5.75 Å². The second-order valence-electron chi connectivity index (χ2n) is 8.27. The Hall–Kier alpha value is -1.18. The highest BCUT2D eigenvalue weighted by Gasteiger charge is 2.55. The Kier molecular flexibility index (Phi) is 2.46. The molecular weight excluding hydrogens is 258 g/mol. The average Bonchev–Trinajstić information content (AvgIpc) is 2.45. The minimum atomic E-state index is 0.390. The monoisotopic (exact) mass is 283 g/mol. The van der Waals surface area contributed by atoms with E-state index in [-0.39, 0.29) is 0 Å². The lowest BCUT2D eigenvalue weighted by Crippen LogP contribution is -2.56. The zero-order chi connectivity index (χ0) is 14.0. The molecule has 1 aliphatic heterocycles. The summed E-state index contributed by atoms with van der Waals surface area (Å²) in [4.78, 5) is 0. The van der Waals surface area contributed by atoms with E-state index >= 15 is 0 Å². The number of anilines is 1. The van der Waals surface area contributed by atoms with Crippen LogP contribution < -0.4 is 10.1 Å². The van der Waals surface area contributed by atoms with E-state index in [1.165, 1.54) is 49.8 Å². The summed E-state index contributed by atoms with van der Waals surface area (Å²) in [6, 6.07) is 6.54. The quantitative estimate of drug-likeness (QED) is 0.825. The first-order valence-electron chi connectivity index (χ1n) is 8.71. The smallest absolute Gasteiger partial charge is 0.142 e. The van der Waals surface area contributed by atoms with Crippen LogP contribution in [-0.2, 0) is 0 Å². The molecule has 1 unspecified atom stereocenters. The highest BCUT2D eigenvalue weighted by atomic mass is 16.5. The van der Waals surface area contributed by atoms with Crippen molar-refractivity contribution >= 4 is 5.69 Å². The van der Waals surface area contributed by atoms with Gasteiger partial charge in [0.25, 0.3) is 0 Å². The number of nitrogens with one attached hydrogen (secondary N) is 1. The molecule has 5 aliphatic rings. The molecule has 0 spiro atoms. The molecule has 0 saturated heterocycles. The molecular formula is C19H25NO. The Balaban J connectivity index is 1.45. The summed E-state index contributed by atoms with van der Waals surface area (Å²) in [5.41, 5.74) is 2.97. The summed E-state index contributed by atoms with van der Waals surface area (Å²) in [6.07, 6.45) is 9.19. The van der Waals surface area contributed by atoms with Crippen molar-refractivity contribution in [3.8, 4) is 5.75 Å². The van der Waals surface area contributed by atoms with Gasteiger partial charge in [-0.3, -0.25) is 0 Å². The van der Waals surface area contributed by atoms with Gasteiger partial charge in [-0.15, -0.1) is 0 Å². The minimum absolute atomic E-state index is 0.390. The van der Waals surface area contributed by atoms with E-state index in [1.807, 2.05) is 0 Å². The molecule has 112 valence electrons. The van der Waals surface area contributed by atoms with Crippen molar-refractivity contribution in [3.63, 3.8) is 0 Å². The summed E-state index contributed by atoms with van der Waals surface area (Å²) in [7, 11) is 0. The lowest BCUT2D eigenvalue weighted by molar-refractivity contribution is -0.108. The third-order valence-electron chi connectivity index (χ3n) is 6.65. The molecule has 4 saturated carbocycles. The number of hydrogen-bond donors (Lipinski definition) is 1.